The van der Waals surface area contributed by atoms with Crippen molar-refractivity contribution in [3.8, 4) is 6.07 Å². The van der Waals surface area contributed by atoms with Crippen molar-refractivity contribution in [3.05, 3.63) is 58.2 Å². The van der Waals surface area contributed by atoms with Crippen LogP contribution in [0, 0.1) is 18.3 Å². The van der Waals surface area contributed by atoms with Crippen molar-refractivity contribution in [2.24, 2.45) is 0 Å². The van der Waals surface area contributed by atoms with Crippen LogP contribution < -0.4 is 5.32 Å². The Kier molecular flexibility index (Phi) is 4.46. The van der Waals surface area contributed by atoms with E-state index in [1.165, 1.54) is 0 Å². The molecule has 4 nitrogen and oxygen atoms in total. The number of nitrogens with zero attached hydrogens (tertiary/aromatic N) is 2. The summed E-state index contributed by atoms with van der Waals surface area (Å²) in [4.78, 5) is 4.29. The zero-order valence-corrected chi connectivity index (χ0v) is 12.6. The number of anilines is 1. The Labute approximate surface area is 129 Å². The normalized spacial score (nSPS) is 13.3. The van der Waals surface area contributed by atoms with Crippen LogP contribution in [0.4, 0.5) is 5.82 Å². The molecule has 5 heteroatoms. The summed E-state index contributed by atoms with van der Waals surface area (Å²) in [5.74, 6) is 0.472. The Morgan fingerprint density at radius 2 is 2.14 bits per heavy atom. The van der Waals surface area contributed by atoms with Crippen molar-refractivity contribution in [1.29, 1.82) is 5.26 Å². The van der Waals surface area contributed by atoms with Gasteiger partial charge in [0, 0.05) is 17.3 Å². The highest BCUT2D eigenvalue weighted by Gasteiger charge is 2.23. The van der Waals surface area contributed by atoms with Gasteiger partial charge in [0.2, 0.25) is 0 Å². The van der Waals surface area contributed by atoms with E-state index in [2.05, 4.69) is 16.4 Å². The molecule has 1 aromatic carbocycles. The van der Waals surface area contributed by atoms with E-state index in [0.717, 1.165) is 5.69 Å². The number of aryl methyl sites for hydroxylation is 1. The van der Waals surface area contributed by atoms with Crippen molar-refractivity contribution < 1.29 is 5.11 Å². The van der Waals surface area contributed by atoms with Crippen LogP contribution in [-0.2, 0) is 5.60 Å². The lowest BCUT2D eigenvalue weighted by Gasteiger charge is -2.25. The van der Waals surface area contributed by atoms with Crippen molar-refractivity contribution in [2.45, 2.75) is 19.4 Å². The van der Waals surface area contributed by atoms with Gasteiger partial charge in [-0.05, 0) is 43.7 Å². The zero-order valence-electron chi connectivity index (χ0n) is 11.9. The molecule has 2 rings (SSSR count). The quantitative estimate of drug-likeness (QED) is 0.909. The summed E-state index contributed by atoms with van der Waals surface area (Å²) < 4.78 is 0. The van der Waals surface area contributed by atoms with Crippen LogP contribution in [0.5, 0.6) is 0 Å². The van der Waals surface area contributed by atoms with Gasteiger partial charge in [0.1, 0.15) is 17.5 Å². The van der Waals surface area contributed by atoms with Gasteiger partial charge < -0.3 is 10.4 Å². The molecule has 0 bridgehead atoms. The Bertz CT molecular complexity index is 692. The van der Waals surface area contributed by atoms with Gasteiger partial charge in [-0.25, -0.2) is 4.98 Å². The van der Waals surface area contributed by atoms with Crippen LogP contribution >= 0.6 is 11.6 Å². The maximum atomic E-state index is 10.6. The maximum Gasteiger partial charge on any atom is 0.144 e. The molecule has 21 heavy (non-hydrogen) atoms. The SMILES string of the molecule is Cc1ccc(C#N)c(NCC(C)(O)c2cccc(Cl)c2)n1. The number of nitrogens with one attached hydrogen (secondary N) is 1. The van der Waals surface area contributed by atoms with Crippen LogP contribution in [0.15, 0.2) is 36.4 Å². The standard InChI is InChI=1S/C16H16ClN3O/c1-11-6-7-12(9-18)15(20-11)19-10-16(2,21)13-4-3-5-14(17)8-13/h3-8,21H,10H2,1-2H3,(H,19,20). The van der Waals surface area contributed by atoms with E-state index in [1.807, 2.05) is 13.0 Å². The molecule has 1 unspecified atom stereocenters. The predicted molar refractivity (Wildman–Crippen MR) is 83.2 cm³/mol. The molecule has 0 aliphatic carbocycles. The minimum Gasteiger partial charge on any atom is -0.384 e. The first kappa shape index (κ1) is 15.3. The van der Waals surface area contributed by atoms with Crippen molar-refractivity contribution in [2.75, 3.05) is 11.9 Å². The van der Waals surface area contributed by atoms with Crippen LogP contribution in [0.2, 0.25) is 5.02 Å². The number of aliphatic hydroxyl groups is 1. The highest BCUT2D eigenvalue weighted by Crippen LogP contribution is 2.24. The third-order valence-electron chi connectivity index (χ3n) is 3.20. The van der Waals surface area contributed by atoms with Gasteiger partial charge in [-0.3, -0.25) is 0 Å². The Balaban J connectivity index is 2.19. The molecule has 0 fully saturated rings. The van der Waals surface area contributed by atoms with Crippen molar-refractivity contribution >= 4 is 17.4 Å². The first-order valence-electron chi connectivity index (χ1n) is 6.52. The van der Waals surface area contributed by atoms with E-state index in [1.54, 1.807) is 37.3 Å². The van der Waals surface area contributed by atoms with E-state index in [-0.39, 0.29) is 6.54 Å². The molecule has 0 amide bonds. The highest BCUT2D eigenvalue weighted by atomic mass is 35.5. The molecule has 0 saturated carbocycles. The largest absolute Gasteiger partial charge is 0.384 e. The molecular formula is C16H16ClN3O. The van der Waals surface area contributed by atoms with Gasteiger partial charge in [-0.2, -0.15) is 5.26 Å². The second-order valence-corrected chi connectivity index (χ2v) is 5.53. The summed E-state index contributed by atoms with van der Waals surface area (Å²) in [7, 11) is 0. The molecule has 2 N–H and O–H groups in total. The van der Waals surface area contributed by atoms with Gasteiger partial charge >= 0.3 is 0 Å². The van der Waals surface area contributed by atoms with Crippen molar-refractivity contribution in [1.82, 2.24) is 4.98 Å². The zero-order chi connectivity index (χ0) is 15.5. The lowest BCUT2D eigenvalue weighted by Crippen LogP contribution is -2.31. The summed E-state index contributed by atoms with van der Waals surface area (Å²) in [6, 6.07) is 12.6. The average molecular weight is 302 g/mol. The molecule has 0 saturated heterocycles. The predicted octanol–water partition coefficient (Wildman–Crippen LogP) is 3.23. The Morgan fingerprint density at radius 1 is 1.38 bits per heavy atom. The fourth-order valence-electron chi connectivity index (χ4n) is 1.96. The molecule has 0 aliphatic heterocycles. The molecular weight excluding hydrogens is 286 g/mol. The number of nitriles is 1. The van der Waals surface area contributed by atoms with Crippen LogP contribution in [-0.4, -0.2) is 16.6 Å². The first-order valence-corrected chi connectivity index (χ1v) is 6.90. The van der Waals surface area contributed by atoms with Gasteiger partial charge in [0.15, 0.2) is 0 Å². The van der Waals surface area contributed by atoms with E-state index in [9.17, 15) is 5.11 Å². The number of pyridine rings is 1. The number of rotatable bonds is 4. The first-order chi connectivity index (χ1) is 9.92. The monoisotopic (exact) mass is 301 g/mol. The molecule has 0 radical (unpaired) electrons. The fourth-order valence-corrected chi connectivity index (χ4v) is 2.15. The van der Waals surface area contributed by atoms with E-state index in [4.69, 9.17) is 16.9 Å². The third kappa shape index (κ3) is 3.72. The highest BCUT2D eigenvalue weighted by molar-refractivity contribution is 6.30. The number of benzene rings is 1. The van der Waals surface area contributed by atoms with E-state index < -0.39 is 5.60 Å². The average Bonchev–Trinajstić information content (AvgIpc) is 2.45. The van der Waals surface area contributed by atoms with Gasteiger partial charge in [-0.1, -0.05) is 23.7 Å². The number of halogens is 1. The minimum atomic E-state index is -1.12. The summed E-state index contributed by atoms with van der Waals surface area (Å²) in [5.41, 5.74) is 0.832. The van der Waals surface area contributed by atoms with E-state index in [0.29, 0.717) is 22.0 Å². The summed E-state index contributed by atoms with van der Waals surface area (Å²) >= 11 is 5.95. The lowest BCUT2D eigenvalue weighted by molar-refractivity contribution is 0.0714. The third-order valence-corrected chi connectivity index (χ3v) is 3.44. The smallest absolute Gasteiger partial charge is 0.144 e. The van der Waals surface area contributed by atoms with Crippen LogP contribution in [0.1, 0.15) is 23.7 Å². The van der Waals surface area contributed by atoms with Gasteiger partial charge in [-0.15, -0.1) is 0 Å². The Hall–Kier alpha value is -2.09. The van der Waals surface area contributed by atoms with Crippen LogP contribution in [0.25, 0.3) is 0 Å². The topological polar surface area (TPSA) is 68.9 Å². The molecule has 0 spiro atoms. The van der Waals surface area contributed by atoms with E-state index >= 15 is 0 Å². The van der Waals surface area contributed by atoms with Crippen molar-refractivity contribution in [3.63, 3.8) is 0 Å². The molecule has 1 heterocycles. The molecule has 1 atom stereocenters. The maximum absolute atomic E-state index is 10.6. The second-order valence-electron chi connectivity index (χ2n) is 5.10. The number of hydrogen-bond acceptors (Lipinski definition) is 4. The van der Waals surface area contributed by atoms with Gasteiger partial charge in [0.05, 0.1) is 5.56 Å². The number of aromatic nitrogens is 1. The molecule has 108 valence electrons. The fraction of sp³-hybridized carbons (Fsp3) is 0.250. The minimum absolute atomic E-state index is 0.221. The van der Waals surface area contributed by atoms with Gasteiger partial charge in [0.25, 0.3) is 0 Å². The lowest BCUT2D eigenvalue weighted by atomic mass is 9.96. The Morgan fingerprint density at radius 3 is 2.81 bits per heavy atom. The number of hydrogen-bond donors (Lipinski definition) is 2. The summed E-state index contributed by atoms with van der Waals surface area (Å²) in [6.07, 6.45) is 0. The summed E-state index contributed by atoms with van der Waals surface area (Å²) in [5, 5.41) is 23.3. The molecule has 0 aliphatic rings. The summed E-state index contributed by atoms with van der Waals surface area (Å²) in [6.45, 7) is 3.76. The van der Waals surface area contributed by atoms with Crippen LogP contribution in [0.3, 0.4) is 0 Å². The second kappa shape index (κ2) is 6.13. The molecule has 1 aromatic heterocycles. The molecule has 2 aromatic rings.